The maximum atomic E-state index is 13.1. The number of rotatable bonds is 4. The topological polar surface area (TPSA) is 102 Å². The maximum Gasteiger partial charge on any atom is 0.260 e. The van der Waals surface area contributed by atoms with E-state index in [0.29, 0.717) is 33.2 Å². The van der Waals surface area contributed by atoms with E-state index in [1.807, 2.05) is 18.2 Å². The lowest BCUT2D eigenvalue weighted by atomic mass is 9.94. The highest BCUT2D eigenvalue weighted by Gasteiger charge is 2.30. The summed E-state index contributed by atoms with van der Waals surface area (Å²) in [5.74, 6) is -1.05. The van der Waals surface area contributed by atoms with E-state index in [1.54, 1.807) is 48.5 Å². The van der Waals surface area contributed by atoms with E-state index in [1.165, 1.54) is 11.2 Å². The van der Waals surface area contributed by atoms with Crippen LogP contribution in [0.15, 0.2) is 71.6 Å². The van der Waals surface area contributed by atoms with E-state index >= 15 is 0 Å². The molecule has 1 aliphatic heterocycles. The monoisotopic (exact) mass is 485 g/mol. The van der Waals surface area contributed by atoms with E-state index in [9.17, 15) is 18.9 Å². The molecule has 7 nitrogen and oxygen atoms in total. The Morgan fingerprint density at radius 2 is 1.83 bits per heavy atom. The van der Waals surface area contributed by atoms with Crippen molar-refractivity contribution in [3.05, 3.63) is 83.4 Å². The molecule has 3 amide bonds. The zero-order valence-electron chi connectivity index (χ0n) is 19.0. The third-order valence-electron chi connectivity index (χ3n) is 6.07. The van der Waals surface area contributed by atoms with Crippen molar-refractivity contribution in [1.82, 2.24) is 0 Å². The van der Waals surface area contributed by atoms with Gasteiger partial charge in [0.05, 0.1) is 16.9 Å². The largest absolute Gasteiger partial charge is 0.612 e. The fraction of sp³-hybridized carbons (Fsp3) is 0.148. The number of carbonyl (C=O) groups is 3. The molecule has 3 aromatic carbocycles. The minimum atomic E-state index is -1.30. The normalized spacial score (nSPS) is 15.5. The lowest BCUT2D eigenvalue weighted by molar-refractivity contribution is -0.124. The summed E-state index contributed by atoms with van der Waals surface area (Å²) in [5, 5.41) is 5.74. The lowest BCUT2D eigenvalue weighted by Gasteiger charge is -2.25. The molecule has 1 heterocycles. The van der Waals surface area contributed by atoms with Gasteiger partial charge in [0.25, 0.3) is 5.91 Å². The predicted octanol–water partition coefficient (Wildman–Crippen LogP) is 4.64. The van der Waals surface area contributed by atoms with Crippen LogP contribution in [0, 0.1) is 0 Å². The van der Waals surface area contributed by atoms with E-state index < -0.39 is 11.2 Å². The number of nitrogens with one attached hydrogen (secondary N) is 2. The highest BCUT2D eigenvalue weighted by Crippen LogP contribution is 2.41. The minimum absolute atomic E-state index is 0.267. The van der Waals surface area contributed by atoms with Crippen LogP contribution in [0.4, 0.5) is 22.7 Å². The average Bonchev–Trinajstić information content (AvgIpc) is 2.99. The first-order chi connectivity index (χ1) is 16.9. The van der Waals surface area contributed by atoms with E-state index in [-0.39, 0.29) is 24.1 Å². The van der Waals surface area contributed by atoms with Crippen LogP contribution in [0.3, 0.4) is 0 Å². The third kappa shape index (κ3) is 4.45. The molecule has 0 bridgehead atoms. The summed E-state index contributed by atoms with van der Waals surface area (Å²) in [7, 11) is 0. The number of amides is 3. The quantitative estimate of drug-likeness (QED) is 0.415. The van der Waals surface area contributed by atoms with Crippen molar-refractivity contribution in [2.45, 2.75) is 24.2 Å². The third-order valence-corrected chi connectivity index (χ3v) is 7.05. The van der Waals surface area contributed by atoms with Gasteiger partial charge in [-0.3, -0.25) is 19.3 Å². The van der Waals surface area contributed by atoms with E-state index in [0.717, 1.165) is 24.0 Å². The Balaban J connectivity index is 1.46. The summed E-state index contributed by atoms with van der Waals surface area (Å²) < 4.78 is 12.0. The zero-order valence-corrected chi connectivity index (χ0v) is 19.9. The van der Waals surface area contributed by atoms with Crippen LogP contribution < -0.4 is 15.5 Å². The van der Waals surface area contributed by atoms with Gasteiger partial charge in [0, 0.05) is 16.9 Å². The molecular formula is C27H23N3O4S. The first-order valence-electron chi connectivity index (χ1n) is 11.2. The van der Waals surface area contributed by atoms with Gasteiger partial charge in [-0.2, -0.15) is 0 Å². The molecular weight excluding hydrogens is 462 g/mol. The van der Waals surface area contributed by atoms with Crippen molar-refractivity contribution in [1.29, 1.82) is 0 Å². The van der Waals surface area contributed by atoms with Gasteiger partial charge in [-0.15, -0.1) is 0 Å². The van der Waals surface area contributed by atoms with Crippen molar-refractivity contribution in [3.63, 3.8) is 0 Å². The van der Waals surface area contributed by atoms with Crippen LogP contribution in [0.1, 0.15) is 34.3 Å². The standard InChI is InChI=1S/C27H23N3O4S/c1-35(34)23-9-5-4-8-21(23)27(33)28-18-11-13-19(14-12-18)30-22-15-10-17-6-2-3-7-20(17)26(22)29-24(31)16-25(30)32/h3-5,7-15H,2,6,16H2,1H3,(H,28,33)(H,29,31). The highest BCUT2D eigenvalue weighted by atomic mass is 32.2. The molecule has 5 rings (SSSR count). The van der Waals surface area contributed by atoms with E-state index in [2.05, 4.69) is 16.7 Å². The molecule has 1 atom stereocenters. The maximum absolute atomic E-state index is 13.1. The summed E-state index contributed by atoms with van der Waals surface area (Å²) in [4.78, 5) is 40.3. The molecule has 8 heteroatoms. The van der Waals surface area contributed by atoms with Crippen molar-refractivity contribution in [2.24, 2.45) is 0 Å². The Kier molecular flexibility index (Phi) is 6.15. The molecule has 176 valence electrons. The van der Waals surface area contributed by atoms with Gasteiger partial charge in [-0.25, -0.2) is 0 Å². The summed E-state index contributed by atoms with van der Waals surface area (Å²) in [6, 6.07) is 17.5. The molecule has 1 aliphatic carbocycles. The Hall–Kier alpha value is -3.88. The summed E-state index contributed by atoms with van der Waals surface area (Å²) in [5.41, 5.74) is 4.76. The number of nitrogens with zero attached hydrogens (tertiary/aromatic N) is 1. The SMILES string of the molecule is C[S+]([O-])c1ccccc1C(=O)Nc1ccc(N2C(=O)CC(=O)Nc3c2ccc2c3C=CCC2)cc1. The number of fused-ring (bicyclic) bond motifs is 3. The van der Waals surface area contributed by atoms with Crippen molar-refractivity contribution < 1.29 is 18.9 Å². The number of benzene rings is 3. The van der Waals surface area contributed by atoms with Crippen LogP contribution in [0.25, 0.3) is 6.08 Å². The molecule has 0 saturated heterocycles. The number of hydrogen-bond acceptors (Lipinski definition) is 4. The molecule has 1 unspecified atom stereocenters. The molecule has 0 aromatic heterocycles. The second kappa shape index (κ2) is 9.40. The summed E-state index contributed by atoms with van der Waals surface area (Å²) in [6.07, 6.45) is 7.14. The van der Waals surface area contributed by atoms with Crippen molar-refractivity contribution in [3.8, 4) is 0 Å². The number of allylic oxidation sites excluding steroid dienone is 1. The van der Waals surface area contributed by atoms with Crippen LogP contribution >= 0.6 is 0 Å². The van der Waals surface area contributed by atoms with Gasteiger partial charge in [-0.05, 0) is 72.0 Å². The molecule has 0 radical (unpaired) electrons. The smallest absolute Gasteiger partial charge is 0.260 e. The van der Waals surface area contributed by atoms with Gasteiger partial charge < -0.3 is 15.2 Å². The van der Waals surface area contributed by atoms with E-state index in [4.69, 9.17) is 0 Å². The molecule has 0 fully saturated rings. The molecule has 3 aromatic rings. The van der Waals surface area contributed by atoms with Gasteiger partial charge >= 0.3 is 0 Å². The fourth-order valence-corrected chi connectivity index (χ4v) is 5.17. The Morgan fingerprint density at radius 3 is 2.60 bits per heavy atom. The van der Waals surface area contributed by atoms with Crippen LogP contribution in [-0.4, -0.2) is 28.5 Å². The number of aryl methyl sites for hydroxylation is 1. The summed E-state index contributed by atoms with van der Waals surface area (Å²) >= 11 is -1.30. The second-order valence-electron chi connectivity index (χ2n) is 8.38. The van der Waals surface area contributed by atoms with Gasteiger partial charge in [0.1, 0.15) is 12.7 Å². The molecule has 0 saturated carbocycles. The fourth-order valence-electron chi connectivity index (χ4n) is 4.43. The average molecular weight is 486 g/mol. The summed E-state index contributed by atoms with van der Waals surface area (Å²) in [6.45, 7) is 0. The van der Waals surface area contributed by atoms with Gasteiger partial charge in [0.15, 0.2) is 4.90 Å². The zero-order chi connectivity index (χ0) is 24.5. The number of hydrogen-bond donors (Lipinski definition) is 2. The van der Waals surface area contributed by atoms with Crippen molar-refractivity contribution in [2.75, 3.05) is 21.8 Å². The Morgan fingerprint density at radius 1 is 1.06 bits per heavy atom. The van der Waals surface area contributed by atoms with Crippen molar-refractivity contribution >= 4 is 57.7 Å². The number of anilines is 4. The van der Waals surface area contributed by atoms with Crippen LogP contribution in [0.5, 0.6) is 0 Å². The van der Waals surface area contributed by atoms with Gasteiger partial charge in [-0.1, -0.05) is 30.4 Å². The lowest BCUT2D eigenvalue weighted by Crippen LogP contribution is -2.26. The highest BCUT2D eigenvalue weighted by molar-refractivity contribution is 7.90. The molecule has 2 N–H and O–H groups in total. The predicted molar refractivity (Wildman–Crippen MR) is 137 cm³/mol. The second-order valence-corrected chi connectivity index (χ2v) is 9.73. The first kappa shape index (κ1) is 22.9. The first-order valence-corrected chi connectivity index (χ1v) is 12.8. The van der Waals surface area contributed by atoms with Gasteiger partial charge in [0.2, 0.25) is 11.8 Å². The Labute approximate surface area is 206 Å². The number of carbonyl (C=O) groups excluding carboxylic acids is 3. The van der Waals surface area contributed by atoms with Crippen LogP contribution in [-0.2, 0) is 27.2 Å². The van der Waals surface area contributed by atoms with Crippen LogP contribution in [0.2, 0.25) is 0 Å². The minimum Gasteiger partial charge on any atom is -0.612 e. The molecule has 0 spiro atoms. The Bertz CT molecular complexity index is 1370. The molecule has 35 heavy (non-hydrogen) atoms. The molecule has 2 aliphatic rings.